The van der Waals surface area contributed by atoms with E-state index in [0.29, 0.717) is 12.0 Å². The van der Waals surface area contributed by atoms with Crippen molar-refractivity contribution in [3.05, 3.63) is 34.2 Å². The van der Waals surface area contributed by atoms with Crippen molar-refractivity contribution in [1.82, 2.24) is 10.2 Å². The van der Waals surface area contributed by atoms with Gasteiger partial charge in [0.25, 0.3) is 0 Å². The molecule has 1 aromatic heterocycles. The molecule has 1 aliphatic rings. The van der Waals surface area contributed by atoms with Gasteiger partial charge in [-0.2, -0.15) is 0 Å². The molecule has 0 aliphatic carbocycles. The maximum atomic E-state index is 5.62. The molecule has 1 aromatic rings. The van der Waals surface area contributed by atoms with Gasteiger partial charge in [0.15, 0.2) is 0 Å². The molecule has 3 N–H and O–H groups in total. The van der Waals surface area contributed by atoms with Gasteiger partial charge in [0.1, 0.15) is 0 Å². The van der Waals surface area contributed by atoms with Crippen LogP contribution in [0.3, 0.4) is 0 Å². The summed E-state index contributed by atoms with van der Waals surface area (Å²) < 4.78 is 0. The van der Waals surface area contributed by atoms with Gasteiger partial charge in [-0.15, -0.1) is 11.3 Å². The van der Waals surface area contributed by atoms with Crippen molar-refractivity contribution in [2.24, 2.45) is 11.7 Å². The highest BCUT2D eigenvalue weighted by atomic mass is 32.1. The van der Waals surface area contributed by atoms with Crippen LogP contribution in [0.4, 0.5) is 0 Å². The lowest BCUT2D eigenvalue weighted by atomic mass is 10.0. The lowest BCUT2D eigenvalue weighted by Crippen LogP contribution is -2.37. The highest BCUT2D eigenvalue weighted by Crippen LogP contribution is 2.34. The number of nitrogens with zero attached hydrogens (tertiary/aromatic N) is 1. The van der Waals surface area contributed by atoms with E-state index in [1.807, 2.05) is 11.3 Å². The molecule has 106 valence electrons. The fraction of sp³-hybridized carbons (Fsp3) is 0.600. The molecule has 0 radical (unpaired) electrons. The van der Waals surface area contributed by atoms with E-state index >= 15 is 0 Å². The largest absolute Gasteiger partial charge is 0.367 e. The third kappa shape index (κ3) is 3.38. The Hall–Kier alpha value is -0.840. The monoisotopic (exact) mass is 279 g/mol. The summed E-state index contributed by atoms with van der Waals surface area (Å²) in [5.41, 5.74) is 8.29. The zero-order valence-corrected chi connectivity index (χ0v) is 12.8. The van der Waals surface area contributed by atoms with Crippen molar-refractivity contribution in [2.75, 3.05) is 26.2 Å². The van der Waals surface area contributed by atoms with Gasteiger partial charge in [-0.1, -0.05) is 13.5 Å². The van der Waals surface area contributed by atoms with Crippen LogP contribution in [0.5, 0.6) is 0 Å². The summed E-state index contributed by atoms with van der Waals surface area (Å²) in [5, 5.41) is 5.66. The summed E-state index contributed by atoms with van der Waals surface area (Å²) in [6, 6.07) is 2.71. The summed E-state index contributed by atoms with van der Waals surface area (Å²) in [4.78, 5) is 3.97. The van der Waals surface area contributed by atoms with E-state index in [0.717, 1.165) is 32.6 Å². The van der Waals surface area contributed by atoms with Gasteiger partial charge in [0, 0.05) is 23.7 Å². The molecular formula is C15H25N3S. The van der Waals surface area contributed by atoms with Crippen LogP contribution in [-0.4, -0.2) is 31.1 Å². The van der Waals surface area contributed by atoms with Crippen molar-refractivity contribution < 1.29 is 0 Å². The molecule has 4 heteroatoms. The first-order valence-corrected chi connectivity index (χ1v) is 7.93. The smallest absolute Gasteiger partial charge is 0.0522 e. The second kappa shape index (κ2) is 6.55. The van der Waals surface area contributed by atoms with E-state index < -0.39 is 0 Å². The molecule has 19 heavy (non-hydrogen) atoms. The van der Waals surface area contributed by atoms with Gasteiger partial charge in [-0.25, -0.2) is 0 Å². The molecule has 0 fully saturated rings. The van der Waals surface area contributed by atoms with Crippen LogP contribution in [0, 0.1) is 5.92 Å². The predicted molar refractivity (Wildman–Crippen MR) is 83.4 cm³/mol. The summed E-state index contributed by atoms with van der Waals surface area (Å²) in [6.07, 6.45) is 1.15. The average Bonchev–Trinajstić information content (AvgIpc) is 2.88. The molecule has 2 rings (SSSR count). The standard InChI is InChI=1S/C15H25N3S/c1-11(8-16)9-17-10-12(2)18-6-4-15-14(13(18)3)5-7-19-15/h5,7,11,13,17H,2,4,6,8-10,16H2,1,3H3/t11-,13-/m1/s1. The van der Waals surface area contributed by atoms with Crippen LogP contribution in [0.2, 0.25) is 0 Å². The first kappa shape index (κ1) is 14.6. The van der Waals surface area contributed by atoms with Gasteiger partial charge in [-0.05, 0) is 49.4 Å². The fourth-order valence-corrected chi connectivity index (χ4v) is 3.55. The second-order valence-electron chi connectivity index (χ2n) is 5.46. The molecule has 0 unspecified atom stereocenters. The SMILES string of the molecule is C=C(CNC[C@H](C)CN)N1CCc2sccc2[C@H]1C. The highest BCUT2D eigenvalue weighted by Gasteiger charge is 2.25. The van der Waals surface area contributed by atoms with Gasteiger partial charge in [-0.3, -0.25) is 0 Å². The maximum Gasteiger partial charge on any atom is 0.0522 e. The Balaban J connectivity index is 1.87. The molecule has 0 saturated heterocycles. The van der Waals surface area contributed by atoms with Crippen molar-refractivity contribution >= 4 is 11.3 Å². The molecule has 2 heterocycles. The summed E-state index contributed by atoms with van der Waals surface area (Å²) in [5.74, 6) is 0.523. The third-order valence-electron chi connectivity index (χ3n) is 3.91. The minimum atomic E-state index is 0.455. The summed E-state index contributed by atoms with van der Waals surface area (Å²) in [6.45, 7) is 12.3. The number of fused-ring (bicyclic) bond motifs is 1. The number of rotatable bonds is 6. The number of hydrogen-bond donors (Lipinski definition) is 2. The zero-order chi connectivity index (χ0) is 13.8. The maximum absolute atomic E-state index is 5.62. The van der Waals surface area contributed by atoms with Gasteiger partial charge >= 0.3 is 0 Å². The molecule has 2 atom stereocenters. The minimum absolute atomic E-state index is 0.455. The van der Waals surface area contributed by atoms with E-state index in [1.165, 1.54) is 11.3 Å². The minimum Gasteiger partial charge on any atom is -0.367 e. The Morgan fingerprint density at radius 1 is 1.68 bits per heavy atom. The van der Waals surface area contributed by atoms with E-state index in [4.69, 9.17) is 5.73 Å². The van der Waals surface area contributed by atoms with Gasteiger partial charge in [0.05, 0.1) is 6.04 Å². The molecule has 0 spiro atoms. The lowest BCUT2D eigenvalue weighted by molar-refractivity contribution is 0.252. The molecule has 0 bridgehead atoms. The predicted octanol–water partition coefficient (Wildman–Crippen LogP) is 2.37. The van der Waals surface area contributed by atoms with Gasteiger partial charge < -0.3 is 16.0 Å². The quantitative estimate of drug-likeness (QED) is 0.840. The summed E-state index contributed by atoms with van der Waals surface area (Å²) >= 11 is 1.88. The first-order chi connectivity index (χ1) is 9.13. The topological polar surface area (TPSA) is 41.3 Å². The van der Waals surface area contributed by atoms with Crippen molar-refractivity contribution in [3.8, 4) is 0 Å². The van der Waals surface area contributed by atoms with Crippen molar-refractivity contribution in [1.29, 1.82) is 0 Å². The van der Waals surface area contributed by atoms with Crippen molar-refractivity contribution in [2.45, 2.75) is 26.3 Å². The Labute approximate surface area is 120 Å². The van der Waals surface area contributed by atoms with E-state index in [1.54, 1.807) is 4.88 Å². The van der Waals surface area contributed by atoms with Crippen LogP contribution >= 0.6 is 11.3 Å². The van der Waals surface area contributed by atoms with Crippen molar-refractivity contribution in [3.63, 3.8) is 0 Å². The number of nitrogens with two attached hydrogens (primary N) is 1. The van der Waals surface area contributed by atoms with Crippen LogP contribution in [-0.2, 0) is 6.42 Å². The van der Waals surface area contributed by atoms with Crippen LogP contribution in [0.15, 0.2) is 23.7 Å². The lowest BCUT2D eigenvalue weighted by Gasteiger charge is -2.37. The summed E-state index contributed by atoms with van der Waals surface area (Å²) in [7, 11) is 0. The fourth-order valence-electron chi connectivity index (χ4n) is 2.59. The second-order valence-corrected chi connectivity index (χ2v) is 6.46. The molecular weight excluding hydrogens is 254 g/mol. The average molecular weight is 279 g/mol. The van der Waals surface area contributed by atoms with E-state index in [2.05, 4.69) is 42.1 Å². The molecule has 0 saturated carbocycles. The Morgan fingerprint density at radius 2 is 2.47 bits per heavy atom. The first-order valence-electron chi connectivity index (χ1n) is 7.05. The normalized spacial score (nSPS) is 20.2. The van der Waals surface area contributed by atoms with Crippen LogP contribution in [0.25, 0.3) is 0 Å². The van der Waals surface area contributed by atoms with Crippen LogP contribution < -0.4 is 11.1 Å². The number of thiophene rings is 1. The molecule has 3 nitrogen and oxygen atoms in total. The van der Waals surface area contributed by atoms with Crippen LogP contribution in [0.1, 0.15) is 30.3 Å². The third-order valence-corrected chi connectivity index (χ3v) is 4.90. The Kier molecular flexibility index (Phi) is 5.02. The van der Waals surface area contributed by atoms with Gasteiger partial charge in [0.2, 0.25) is 0 Å². The number of nitrogens with one attached hydrogen (secondary N) is 1. The molecule has 0 aromatic carbocycles. The molecule has 0 amide bonds. The Bertz CT molecular complexity index is 427. The van der Waals surface area contributed by atoms with E-state index in [9.17, 15) is 0 Å². The number of hydrogen-bond acceptors (Lipinski definition) is 4. The zero-order valence-electron chi connectivity index (χ0n) is 12.0. The highest BCUT2D eigenvalue weighted by molar-refractivity contribution is 7.10. The Morgan fingerprint density at radius 3 is 3.21 bits per heavy atom. The molecule has 1 aliphatic heterocycles. The van der Waals surface area contributed by atoms with E-state index in [-0.39, 0.29) is 0 Å².